The zero-order valence-corrected chi connectivity index (χ0v) is 20.5. The second kappa shape index (κ2) is 11.7. The standard InChI is InChI=1S/C25H25N5O5S/c1-30(21-12-14-22(35-2)15-13-21)24(31)23(16-18-6-4-3-5-7-18)27-25(32)29-36(33,34)28-20-10-8-19(17-26)9-11-20/h3-15,23,28H,16H2,1-2H3,(H2,27,29,32)/t23-/m0/s1. The SMILES string of the molecule is COc1ccc(N(C)C(=O)[C@H](Cc2ccccc2)NC(=O)NS(=O)(=O)Nc2ccc(C#N)cc2)cc1. The van der Waals surface area contributed by atoms with Crippen molar-refractivity contribution in [1.82, 2.24) is 10.0 Å². The van der Waals surface area contributed by atoms with E-state index in [2.05, 4.69) is 10.0 Å². The number of methoxy groups -OCH3 is 1. The maximum Gasteiger partial charge on any atom is 0.330 e. The molecule has 0 bridgehead atoms. The Balaban J connectivity index is 1.74. The van der Waals surface area contributed by atoms with E-state index in [1.807, 2.05) is 16.9 Å². The average Bonchev–Trinajstić information content (AvgIpc) is 2.88. The van der Waals surface area contributed by atoms with Gasteiger partial charge in [-0.05, 0) is 54.1 Å². The highest BCUT2D eigenvalue weighted by molar-refractivity contribution is 7.91. The smallest absolute Gasteiger partial charge is 0.330 e. The van der Waals surface area contributed by atoms with Crippen LogP contribution in [0.1, 0.15) is 11.1 Å². The zero-order valence-electron chi connectivity index (χ0n) is 19.6. The van der Waals surface area contributed by atoms with E-state index in [1.165, 1.54) is 36.3 Å². The number of urea groups is 1. The Morgan fingerprint density at radius 1 is 1.00 bits per heavy atom. The van der Waals surface area contributed by atoms with Gasteiger partial charge in [0.25, 0.3) is 0 Å². The number of hydrogen-bond acceptors (Lipinski definition) is 6. The second-order valence-electron chi connectivity index (χ2n) is 7.71. The monoisotopic (exact) mass is 507 g/mol. The molecule has 0 fully saturated rings. The predicted molar refractivity (Wildman–Crippen MR) is 136 cm³/mol. The normalized spacial score (nSPS) is 11.5. The summed E-state index contributed by atoms with van der Waals surface area (Å²) >= 11 is 0. The third-order valence-electron chi connectivity index (χ3n) is 5.17. The van der Waals surface area contributed by atoms with E-state index < -0.39 is 28.2 Å². The van der Waals surface area contributed by atoms with Crippen LogP contribution < -0.4 is 24.4 Å². The molecule has 11 heteroatoms. The third-order valence-corrected chi connectivity index (χ3v) is 6.13. The Kier molecular flexibility index (Phi) is 8.48. The summed E-state index contributed by atoms with van der Waals surface area (Å²) in [6.07, 6.45) is 0.136. The maximum atomic E-state index is 13.3. The quantitative estimate of drug-likeness (QED) is 0.407. The summed E-state index contributed by atoms with van der Waals surface area (Å²) in [6.45, 7) is 0. The summed E-state index contributed by atoms with van der Waals surface area (Å²) < 4.78 is 34.1. The molecule has 3 rings (SSSR count). The van der Waals surface area contributed by atoms with Crippen LogP contribution in [0.15, 0.2) is 78.9 Å². The van der Waals surface area contributed by atoms with Gasteiger partial charge in [0.15, 0.2) is 0 Å². The molecule has 3 amide bonds. The van der Waals surface area contributed by atoms with Crippen molar-refractivity contribution in [2.75, 3.05) is 23.8 Å². The first-order chi connectivity index (χ1) is 17.2. The van der Waals surface area contributed by atoms with E-state index >= 15 is 0 Å². The number of nitrogens with one attached hydrogen (secondary N) is 3. The fourth-order valence-electron chi connectivity index (χ4n) is 3.32. The molecular weight excluding hydrogens is 482 g/mol. The highest BCUT2D eigenvalue weighted by atomic mass is 32.2. The molecule has 0 aliphatic carbocycles. The van der Waals surface area contributed by atoms with E-state index in [4.69, 9.17) is 10.00 Å². The average molecular weight is 508 g/mol. The summed E-state index contributed by atoms with van der Waals surface area (Å²) in [7, 11) is -1.22. The number of hydrogen-bond donors (Lipinski definition) is 3. The Labute approximate surface area is 209 Å². The number of rotatable bonds is 9. The number of likely N-dealkylation sites (N-methyl/N-ethyl adjacent to an activating group) is 1. The van der Waals surface area contributed by atoms with Crippen molar-refractivity contribution >= 4 is 33.5 Å². The van der Waals surface area contributed by atoms with Gasteiger partial charge in [0.05, 0.1) is 24.4 Å². The van der Waals surface area contributed by atoms with Crippen LogP contribution in [-0.4, -0.2) is 40.6 Å². The minimum absolute atomic E-state index is 0.136. The van der Waals surface area contributed by atoms with Crippen LogP contribution in [0.5, 0.6) is 5.75 Å². The van der Waals surface area contributed by atoms with Gasteiger partial charge in [-0.15, -0.1) is 0 Å². The predicted octanol–water partition coefficient (Wildman–Crippen LogP) is 2.80. The van der Waals surface area contributed by atoms with E-state index in [0.29, 0.717) is 17.0 Å². The van der Waals surface area contributed by atoms with Crippen molar-refractivity contribution in [3.8, 4) is 11.8 Å². The molecule has 0 saturated carbocycles. The number of ether oxygens (including phenoxy) is 1. The number of amides is 3. The summed E-state index contributed by atoms with van der Waals surface area (Å²) in [4.78, 5) is 27.3. The van der Waals surface area contributed by atoms with Crippen LogP contribution in [0.2, 0.25) is 0 Å². The topological polar surface area (TPSA) is 141 Å². The molecule has 36 heavy (non-hydrogen) atoms. The van der Waals surface area contributed by atoms with Gasteiger partial charge in [-0.1, -0.05) is 30.3 Å². The second-order valence-corrected chi connectivity index (χ2v) is 9.12. The molecule has 0 spiro atoms. The van der Waals surface area contributed by atoms with Crippen LogP contribution in [-0.2, 0) is 21.4 Å². The van der Waals surface area contributed by atoms with Crippen molar-refractivity contribution in [1.29, 1.82) is 5.26 Å². The summed E-state index contributed by atoms with van der Waals surface area (Å²) in [5.74, 6) is 0.175. The van der Waals surface area contributed by atoms with Gasteiger partial charge in [0.2, 0.25) is 5.91 Å². The first-order valence-corrected chi connectivity index (χ1v) is 12.3. The molecule has 3 aromatic rings. The molecule has 0 aliphatic heterocycles. The molecule has 1 atom stereocenters. The van der Waals surface area contributed by atoms with Gasteiger partial charge >= 0.3 is 16.2 Å². The Morgan fingerprint density at radius 3 is 2.22 bits per heavy atom. The molecule has 10 nitrogen and oxygen atoms in total. The van der Waals surface area contributed by atoms with Crippen LogP contribution in [0.3, 0.4) is 0 Å². The molecule has 186 valence electrons. The molecule has 0 saturated heterocycles. The van der Waals surface area contributed by atoms with Crippen molar-refractivity contribution in [3.63, 3.8) is 0 Å². The Morgan fingerprint density at radius 2 is 1.64 bits per heavy atom. The molecule has 0 unspecified atom stereocenters. The minimum Gasteiger partial charge on any atom is -0.497 e. The maximum absolute atomic E-state index is 13.3. The molecule has 3 aromatic carbocycles. The summed E-state index contributed by atoms with van der Waals surface area (Å²) in [5, 5.41) is 11.3. The molecule has 0 aliphatic rings. The summed E-state index contributed by atoms with van der Waals surface area (Å²) in [6, 6.07) is 21.3. The summed E-state index contributed by atoms with van der Waals surface area (Å²) in [5.41, 5.74) is 1.85. The number of nitriles is 1. The number of carbonyl (C=O) groups is 2. The van der Waals surface area contributed by atoms with Crippen LogP contribution in [0.25, 0.3) is 0 Å². The largest absolute Gasteiger partial charge is 0.497 e. The molecule has 0 radical (unpaired) electrons. The van der Waals surface area contributed by atoms with Crippen LogP contribution >= 0.6 is 0 Å². The molecule has 3 N–H and O–H groups in total. The number of benzene rings is 3. The van der Waals surface area contributed by atoms with Crippen LogP contribution in [0, 0.1) is 11.3 Å². The van der Waals surface area contributed by atoms with Crippen molar-refractivity contribution in [2.45, 2.75) is 12.5 Å². The highest BCUT2D eigenvalue weighted by Crippen LogP contribution is 2.19. The van der Waals surface area contributed by atoms with Crippen LogP contribution in [0.4, 0.5) is 16.2 Å². The van der Waals surface area contributed by atoms with Gasteiger partial charge < -0.3 is 15.0 Å². The minimum atomic E-state index is -4.31. The highest BCUT2D eigenvalue weighted by Gasteiger charge is 2.27. The lowest BCUT2D eigenvalue weighted by atomic mass is 10.0. The lowest BCUT2D eigenvalue weighted by molar-refractivity contribution is -0.120. The Bertz CT molecular complexity index is 1340. The lowest BCUT2D eigenvalue weighted by Crippen LogP contribution is -2.53. The first-order valence-electron chi connectivity index (χ1n) is 10.8. The number of carbonyl (C=O) groups excluding carboxylic acids is 2. The lowest BCUT2D eigenvalue weighted by Gasteiger charge is -2.25. The van der Waals surface area contributed by atoms with E-state index in [-0.39, 0.29) is 12.1 Å². The van der Waals surface area contributed by atoms with Crippen molar-refractivity contribution in [3.05, 3.63) is 90.0 Å². The first kappa shape index (κ1) is 26.1. The van der Waals surface area contributed by atoms with Gasteiger partial charge in [-0.3, -0.25) is 9.52 Å². The fourth-order valence-corrected chi connectivity index (χ4v) is 4.12. The van der Waals surface area contributed by atoms with Gasteiger partial charge in [0, 0.05) is 19.2 Å². The third kappa shape index (κ3) is 7.22. The molecule has 0 aromatic heterocycles. The molecule has 0 heterocycles. The fraction of sp³-hybridized carbons (Fsp3) is 0.160. The van der Waals surface area contributed by atoms with E-state index in [9.17, 15) is 18.0 Å². The van der Waals surface area contributed by atoms with E-state index in [1.54, 1.807) is 55.6 Å². The number of nitrogens with zero attached hydrogens (tertiary/aromatic N) is 2. The zero-order chi connectivity index (χ0) is 26.1. The molecular formula is C25H25N5O5S. The van der Waals surface area contributed by atoms with Crippen molar-refractivity contribution in [2.24, 2.45) is 0 Å². The van der Waals surface area contributed by atoms with Gasteiger partial charge in [-0.2, -0.15) is 13.7 Å². The van der Waals surface area contributed by atoms with Gasteiger partial charge in [-0.25, -0.2) is 9.52 Å². The van der Waals surface area contributed by atoms with Gasteiger partial charge in [0.1, 0.15) is 11.8 Å². The number of anilines is 2. The van der Waals surface area contributed by atoms with E-state index in [0.717, 1.165) is 5.56 Å². The Hall–Kier alpha value is -4.56. The van der Waals surface area contributed by atoms with Crippen molar-refractivity contribution < 1.29 is 22.7 Å².